The highest BCUT2D eigenvalue weighted by Crippen LogP contribution is 2.13. The summed E-state index contributed by atoms with van der Waals surface area (Å²) in [5, 5.41) is 10.9. The molecule has 0 aliphatic heterocycles. The first-order valence-corrected chi connectivity index (χ1v) is 7.54. The van der Waals surface area contributed by atoms with Crippen LogP contribution in [0.1, 0.15) is 20.8 Å². The standard InChI is InChI=1S/C8H19N5O3Si/c1-4-14-17(15-5-2,16-6-3)7-13-8(9)10-11-12-13/h4-7H2,1-3H3,(H2,9,10,12). The van der Waals surface area contributed by atoms with E-state index in [1.54, 1.807) is 0 Å². The Morgan fingerprint density at radius 1 is 1.12 bits per heavy atom. The van der Waals surface area contributed by atoms with Gasteiger partial charge in [-0.15, -0.1) is 0 Å². The lowest BCUT2D eigenvalue weighted by Gasteiger charge is -2.27. The maximum Gasteiger partial charge on any atom is 0.523 e. The van der Waals surface area contributed by atoms with Crippen molar-refractivity contribution in [2.24, 2.45) is 0 Å². The van der Waals surface area contributed by atoms with Gasteiger partial charge in [-0.3, -0.25) is 0 Å². The molecule has 0 unspecified atom stereocenters. The summed E-state index contributed by atoms with van der Waals surface area (Å²) in [6.45, 7) is 7.20. The first kappa shape index (κ1) is 14.0. The SMILES string of the molecule is CCO[Si](Cn1nnnc1N)(OCC)OCC. The van der Waals surface area contributed by atoms with Gasteiger partial charge in [0, 0.05) is 19.8 Å². The van der Waals surface area contributed by atoms with Gasteiger partial charge >= 0.3 is 8.80 Å². The highest BCUT2D eigenvalue weighted by molar-refractivity contribution is 6.59. The normalized spacial score (nSPS) is 11.9. The first-order valence-electron chi connectivity index (χ1n) is 5.61. The third-order valence-electron chi connectivity index (χ3n) is 2.00. The monoisotopic (exact) mass is 261 g/mol. The molecule has 0 radical (unpaired) electrons. The van der Waals surface area contributed by atoms with Crippen molar-refractivity contribution in [3.63, 3.8) is 0 Å². The zero-order valence-corrected chi connectivity index (χ0v) is 11.4. The summed E-state index contributed by atoms with van der Waals surface area (Å²) in [7, 11) is -2.79. The third-order valence-corrected chi connectivity index (χ3v) is 4.87. The minimum atomic E-state index is -2.79. The molecular weight excluding hydrogens is 242 g/mol. The molecule has 98 valence electrons. The van der Waals surface area contributed by atoms with Crippen molar-refractivity contribution in [2.45, 2.75) is 26.9 Å². The predicted octanol–water partition coefficient (Wildman–Crippen LogP) is -0.157. The number of nitrogens with two attached hydrogens (primary N) is 1. The number of rotatable bonds is 8. The second-order valence-electron chi connectivity index (χ2n) is 3.18. The van der Waals surface area contributed by atoms with Crippen LogP contribution in [0.4, 0.5) is 5.95 Å². The molecule has 0 aliphatic rings. The van der Waals surface area contributed by atoms with Crippen LogP contribution in [-0.2, 0) is 19.4 Å². The Morgan fingerprint density at radius 3 is 2.00 bits per heavy atom. The van der Waals surface area contributed by atoms with Crippen molar-refractivity contribution in [1.29, 1.82) is 0 Å². The molecule has 1 heterocycles. The summed E-state index contributed by atoms with van der Waals surface area (Å²) >= 11 is 0. The predicted molar refractivity (Wildman–Crippen MR) is 62.9 cm³/mol. The smallest absolute Gasteiger partial charge is 0.373 e. The Balaban J connectivity index is 2.83. The Bertz CT molecular complexity index is 318. The van der Waals surface area contributed by atoms with E-state index < -0.39 is 8.80 Å². The van der Waals surface area contributed by atoms with Crippen molar-refractivity contribution in [3.05, 3.63) is 0 Å². The highest BCUT2D eigenvalue weighted by Gasteiger charge is 2.42. The molecule has 9 heteroatoms. The Labute approximate surface area is 101 Å². The van der Waals surface area contributed by atoms with E-state index in [4.69, 9.17) is 19.0 Å². The number of tetrazole rings is 1. The fourth-order valence-corrected chi connectivity index (χ4v) is 3.86. The molecule has 0 atom stereocenters. The molecule has 0 aromatic carbocycles. The van der Waals surface area contributed by atoms with E-state index in [0.29, 0.717) is 26.0 Å². The summed E-state index contributed by atoms with van der Waals surface area (Å²) in [5.74, 6) is 0.223. The van der Waals surface area contributed by atoms with Gasteiger partial charge in [-0.05, 0) is 31.2 Å². The Kier molecular flexibility index (Phi) is 5.48. The number of nitrogens with zero attached hydrogens (tertiary/aromatic N) is 4. The minimum absolute atomic E-state index is 0.223. The molecule has 1 aromatic rings. The van der Waals surface area contributed by atoms with Gasteiger partial charge in [0.05, 0.1) is 0 Å². The highest BCUT2D eigenvalue weighted by atomic mass is 28.4. The quantitative estimate of drug-likeness (QED) is 0.649. The van der Waals surface area contributed by atoms with Crippen molar-refractivity contribution in [1.82, 2.24) is 20.2 Å². The van der Waals surface area contributed by atoms with E-state index in [2.05, 4.69) is 15.5 Å². The van der Waals surface area contributed by atoms with Gasteiger partial charge in [-0.1, -0.05) is 5.10 Å². The fourth-order valence-electron chi connectivity index (χ4n) is 1.43. The second-order valence-corrected chi connectivity index (χ2v) is 5.73. The number of hydrogen-bond donors (Lipinski definition) is 1. The molecular formula is C8H19N5O3Si. The van der Waals surface area contributed by atoms with E-state index in [-0.39, 0.29) is 5.95 Å². The first-order chi connectivity index (χ1) is 8.17. The maximum absolute atomic E-state index is 5.66. The van der Waals surface area contributed by atoms with Crippen molar-refractivity contribution >= 4 is 14.8 Å². The van der Waals surface area contributed by atoms with Crippen LogP contribution in [0.2, 0.25) is 0 Å². The summed E-state index contributed by atoms with van der Waals surface area (Å²) < 4.78 is 18.4. The van der Waals surface area contributed by atoms with Gasteiger partial charge in [-0.25, -0.2) is 4.68 Å². The molecule has 0 saturated carbocycles. The number of nitrogen functional groups attached to an aromatic ring is 1. The van der Waals surface area contributed by atoms with Crippen LogP contribution >= 0.6 is 0 Å². The summed E-state index contributed by atoms with van der Waals surface area (Å²) in [6, 6.07) is 0. The van der Waals surface area contributed by atoms with E-state index in [9.17, 15) is 0 Å². The van der Waals surface area contributed by atoms with E-state index in [0.717, 1.165) is 0 Å². The van der Waals surface area contributed by atoms with Gasteiger partial charge in [0.2, 0.25) is 5.95 Å². The molecule has 0 aliphatic carbocycles. The molecule has 17 heavy (non-hydrogen) atoms. The largest absolute Gasteiger partial charge is 0.523 e. The number of aromatic nitrogens is 4. The molecule has 0 saturated heterocycles. The summed E-state index contributed by atoms with van der Waals surface area (Å²) in [6.07, 6.45) is 0.321. The van der Waals surface area contributed by atoms with Crippen LogP contribution in [0.25, 0.3) is 0 Å². The number of hydrogen-bond acceptors (Lipinski definition) is 7. The summed E-state index contributed by atoms with van der Waals surface area (Å²) in [4.78, 5) is 0. The minimum Gasteiger partial charge on any atom is -0.373 e. The van der Waals surface area contributed by atoms with Crippen molar-refractivity contribution in [3.8, 4) is 0 Å². The van der Waals surface area contributed by atoms with Gasteiger partial charge in [0.1, 0.15) is 6.17 Å². The van der Waals surface area contributed by atoms with Gasteiger partial charge < -0.3 is 19.0 Å². The lowest BCUT2D eigenvalue weighted by Crippen LogP contribution is -2.50. The van der Waals surface area contributed by atoms with Gasteiger partial charge in [0.15, 0.2) is 0 Å². The Hall–Kier alpha value is -1.03. The maximum atomic E-state index is 5.66. The van der Waals surface area contributed by atoms with E-state index in [1.165, 1.54) is 4.68 Å². The fraction of sp³-hybridized carbons (Fsp3) is 0.875. The molecule has 8 nitrogen and oxygen atoms in total. The molecule has 0 bridgehead atoms. The van der Waals surface area contributed by atoms with Gasteiger partial charge in [-0.2, -0.15) is 0 Å². The zero-order chi connectivity index (χ0) is 12.7. The topological polar surface area (TPSA) is 97.3 Å². The van der Waals surface area contributed by atoms with Crippen LogP contribution in [0, 0.1) is 0 Å². The summed E-state index contributed by atoms with van der Waals surface area (Å²) in [5.41, 5.74) is 5.62. The molecule has 1 rings (SSSR count). The van der Waals surface area contributed by atoms with Crippen molar-refractivity contribution < 1.29 is 13.3 Å². The lowest BCUT2D eigenvalue weighted by atomic mass is 10.9. The van der Waals surface area contributed by atoms with E-state index >= 15 is 0 Å². The lowest BCUT2D eigenvalue weighted by molar-refractivity contribution is 0.0639. The van der Waals surface area contributed by atoms with Crippen LogP contribution in [-0.4, -0.2) is 48.8 Å². The Morgan fingerprint density at radius 2 is 1.65 bits per heavy atom. The molecule has 0 spiro atoms. The van der Waals surface area contributed by atoms with E-state index in [1.807, 2.05) is 20.8 Å². The average molecular weight is 261 g/mol. The molecule has 1 aromatic heterocycles. The molecule has 2 N–H and O–H groups in total. The third kappa shape index (κ3) is 3.73. The molecule has 0 fully saturated rings. The van der Waals surface area contributed by atoms with Crippen LogP contribution in [0.5, 0.6) is 0 Å². The second kappa shape index (κ2) is 6.64. The molecule has 0 amide bonds. The zero-order valence-electron chi connectivity index (χ0n) is 10.4. The van der Waals surface area contributed by atoms with Crippen LogP contribution in [0.15, 0.2) is 0 Å². The van der Waals surface area contributed by atoms with Gasteiger partial charge in [0.25, 0.3) is 0 Å². The average Bonchev–Trinajstić information content (AvgIpc) is 2.65. The van der Waals surface area contributed by atoms with Crippen molar-refractivity contribution in [2.75, 3.05) is 25.6 Å². The van der Waals surface area contributed by atoms with Crippen LogP contribution < -0.4 is 5.73 Å². The number of anilines is 1. The van der Waals surface area contributed by atoms with Crippen LogP contribution in [0.3, 0.4) is 0 Å².